The smallest absolute Gasteiger partial charge is 0.239 e. The molecule has 114 valence electrons. The van der Waals surface area contributed by atoms with Gasteiger partial charge in [-0.3, -0.25) is 9.79 Å². The predicted molar refractivity (Wildman–Crippen MR) is 90.2 cm³/mol. The van der Waals surface area contributed by atoms with Crippen LogP contribution in [0.4, 0.5) is 0 Å². The highest BCUT2D eigenvalue weighted by molar-refractivity contribution is 14.0. The summed E-state index contributed by atoms with van der Waals surface area (Å²) in [5, 5.41) is 8.84. The van der Waals surface area contributed by atoms with E-state index >= 15 is 0 Å². The summed E-state index contributed by atoms with van der Waals surface area (Å²) in [7, 11) is 1.68. The van der Waals surface area contributed by atoms with Gasteiger partial charge in [-0.25, -0.2) is 0 Å². The zero-order valence-corrected chi connectivity index (χ0v) is 14.3. The number of nitrogens with one attached hydrogen (secondary N) is 3. The minimum absolute atomic E-state index is 0. The molecule has 0 saturated carbocycles. The molecule has 0 spiro atoms. The standard InChI is InChI=1S/C13H22N4O2.HI/c1-3-4-7-15-13(14-2)17-10-12(18)16-9-11-6-5-8-19-11;/h5-6,8H,3-4,7,9-10H2,1-2H3,(H,16,18)(H2,14,15,17);1H. The van der Waals surface area contributed by atoms with Gasteiger partial charge >= 0.3 is 0 Å². The first kappa shape index (κ1) is 18.8. The molecule has 7 heteroatoms. The van der Waals surface area contributed by atoms with Gasteiger partial charge in [0.2, 0.25) is 5.91 Å². The third kappa shape index (κ3) is 8.03. The van der Waals surface area contributed by atoms with Gasteiger partial charge in [0.05, 0.1) is 19.4 Å². The van der Waals surface area contributed by atoms with E-state index in [9.17, 15) is 4.79 Å². The Morgan fingerprint density at radius 2 is 2.15 bits per heavy atom. The molecule has 0 fully saturated rings. The van der Waals surface area contributed by atoms with Crippen LogP contribution in [-0.2, 0) is 11.3 Å². The van der Waals surface area contributed by atoms with Crippen LogP contribution in [0.3, 0.4) is 0 Å². The van der Waals surface area contributed by atoms with Crippen molar-refractivity contribution in [1.29, 1.82) is 0 Å². The molecule has 1 heterocycles. The summed E-state index contributed by atoms with van der Waals surface area (Å²) in [5.74, 6) is 1.27. The van der Waals surface area contributed by atoms with Crippen molar-refractivity contribution in [2.24, 2.45) is 4.99 Å². The molecule has 1 amide bonds. The SMILES string of the molecule is CCCCNC(=NC)NCC(=O)NCc1ccco1.I. The second-order valence-electron chi connectivity index (χ2n) is 4.06. The van der Waals surface area contributed by atoms with Gasteiger partial charge in [-0.1, -0.05) is 13.3 Å². The minimum Gasteiger partial charge on any atom is -0.467 e. The molecule has 0 radical (unpaired) electrons. The Morgan fingerprint density at radius 1 is 1.35 bits per heavy atom. The number of amides is 1. The van der Waals surface area contributed by atoms with E-state index in [0.29, 0.717) is 12.5 Å². The normalized spacial score (nSPS) is 10.6. The first-order valence-electron chi connectivity index (χ1n) is 6.49. The van der Waals surface area contributed by atoms with Gasteiger partial charge in [-0.2, -0.15) is 0 Å². The molecule has 0 aromatic carbocycles. The van der Waals surface area contributed by atoms with E-state index in [1.54, 1.807) is 19.4 Å². The number of guanidine groups is 1. The van der Waals surface area contributed by atoms with E-state index in [0.717, 1.165) is 25.1 Å². The fourth-order valence-electron chi connectivity index (χ4n) is 1.43. The number of halogens is 1. The number of hydrogen-bond acceptors (Lipinski definition) is 3. The second-order valence-corrected chi connectivity index (χ2v) is 4.06. The average Bonchev–Trinajstić information content (AvgIpc) is 2.93. The van der Waals surface area contributed by atoms with Crippen molar-refractivity contribution < 1.29 is 9.21 Å². The van der Waals surface area contributed by atoms with Crippen LogP contribution in [0.1, 0.15) is 25.5 Å². The molecule has 0 unspecified atom stereocenters. The average molecular weight is 394 g/mol. The van der Waals surface area contributed by atoms with E-state index in [4.69, 9.17) is 4.42 Å². The van der Waals surface area contributed by atoms with E-state index in [1.807, 2.05) is 6.07 Å². The van der Waals surface area contributed by atoms with Crippen LogP contribution < -0.4 is 16.0 Å². The molecule has 0 aliphatic rings. The maximum atomic E-state index is 11.6. The molecule has 0 bridgehead atoms. The third-order valence-corrected chi connectivity index (χ3v) is 2.50. The Bertz CT molecular complexity index is 393. The molecule has 1 aromatic rings. The van der Waals surface area contributed by atoms with Crippen LogP contribution >= 0.6 is 24.0 Å². The lowest BCUT2D eigenvalue weighted by molar-refractivity contribution is -0.120. The number of hydrogen-bond donors (Lipinski definition) is 3. The van der Waals surface area contributed by atoms with Crippen molar-refractivity contribution in [2.45, 2.75) is 26.3 Å². The van der Waals surface area contributed by atoms with Gasteiger partial charge in [-0.15, -0.1) is 24.0 Å². The van der Waals surface area contributed by atoms with E-state index < -0.39 is 0 Å². The highest BCUT2D eigenvalue weighted by Crippen LogP contribution is 1.97. The monoisotopic (exact) mass is 394 g/mol. The zero-order chi connectivity index (χ0) is 13.9. The van der Waals surface area contributed by atoms with Crippen LogP contribution in [0.2, 0.25) is 0 Å². The van der Waals surface area contributed by atoms with Gasteiger partial charge in [0, 0.05) is 13.6 Å². The summed E-state index contributed by atoms with van der Waals surface area (Å²) in [6.45, 7) is 3.56. The third-order valence-electron chi connectivity index (χ3n) is 2.50. The Hall–Kier alpha value is -1.25. The van der Waals surface area contributed by atoms with Crippen LogP contribution in [0, 0.1) is 0 Å². The highest BCUT2D eigenvalue weighted by Gasteiger charge is 2.04. The van der Waals surface area contributed by atoms with Crippen molar-refractivity contribution >= 4 is 35.8 Å². The molecule has 0 aliphatic heterocycles. The molecule has 1 rings (SSSR count). The molecular formula is C13H23IN4O2. The number of aliphatic imine (C=N–C) groups is 1. The minimum atomic E-state index is -0.102. The lowest BCUT2D eigenvalue weighted by Crippen LogP contribution is -2.43. The maximum Gasteiger partial charge on any atom is 0.239 e. The summed E-state index contributed by atoms with van der Waals surface area (Å²) >= 11 is 0. The maximum absolute atomic E-state index is 11.6. The predicted octanol–water partition coefficient (Wildman–Crippen LogP) is 1.48. The van der Waals surface area contributed by atoms with Gasteiger partial charge in [0.1, 0.15) is 5.76 Å². The quantitative estimate of drug-likeness (QED) is 0.283. The van der Waals surface area contributed by atoms with E-state index in [1.165, 1.54) is 0 Å². The molecule has 1 aromatic heterocycles. The Balaban J connectivity index is 0.00000361. The Labute approximate surface area is 136 Å². The number of furan rings is 1. The summed E-state index contributed by atoms with van der Waals surface area (Å²) < 4.78 is 5.12. The number of unbranched alkanes of at least 4 members (excludes halogenated alkanes) is 1. The lowest BCUT2D eigenvalue weighted by Gasteiger charge is -2.11. The molecule has 0 saturated heterocycles. The number of nitrogens with zero attached hydrogens (tertiary/aromatic N) is 1. The molecule has 0 atom stereocenters. The summed E-state index contributed by atoms with van der Waals surface area (Å²) in [4.78, 5) is 15.6. The van der Waals surface area contributed by atoms with Crippen molar-refractivity contribution in [3.8, 4) is 0 Å². The summed E-state index contributed by atoms with van der Waals surface area (Å²) in [5.41, 5.74) is 0. The van der Waals surface area contributed by atoms with Gasteiger partial charge in [0.15, 0.2) is 5.96 Å². The largest absolute Gasteiger partial charge is 0.467 e. The fourth-order valence-corrected chi connectivity index (χ4v) is 1.43. The molecule has 0 aliphatic carbocycles. The van der Waals surface area contributed by atoms with Crippen LogP contribution in [-0.4, -0.2) is 32.0 Å². The molecule has 6 nitrogen and oxygen atoms in total. The Morgan fingerprint density at radius 3 is 2.75 bits per heavy atom. The summed E-state index contributed by atoms with van der Waals surface area (Å²) in [6, 6.07) is 3.61. The lowest BCUT2D eigenvalue weighted by atomic mass is 10.3. The Kier molecular flexibility index (Phi) is 10.8. The zero-order valence-electron chi connectivity index (χ0n) is 11.9. The van der Waals surface area contributed by atoms with Crippen LogP contribution in [0.5, 0.6) is 0 Å². The molecular weight excluding hydrogens is 371 g/mol. The molecule has 3 N–H and O–H groups in total. The van der Waals surface area contributed by atoms with Crippen molar-refractivity contribution in [2.75, 3.05) is 20.1 Å². The first-order chi connectivity index (χ1) is 9.26. The summed E-state index contributed by atoms with van der Waals surface area (Å²) in [6.07, 6.45) is 3.78. The first-order valence-corrected chi connectivity index (χ1v) is 6.49. The van der Waals surface area contributed by atoms with Gasteiger partial charge in [-0.05, 0) is 18.6 Å². The topological polar surface area (TPSA) is 78.7 Å². The van der Waals surface area contributed by atoms with Crippen LogP contribution in [0.15, 0.2) is 27.8 Å². The number of rotatable bonds is 7. The highest BCUT2D eigenvalue weighted by atomic mass is 127. The van der Waals surface area contributed by atoms with Gasteiger partial charge < -0.3 is 20.4 Å². The van der Waals surface area contributed by atoms with Crippen molar-refractivity contribution in [3.05, 3.63) is 24.2 Å². The van der Waals surface area contributed by atoms with Crippen molar-refractivity contribution in [3.63, 3.8) is 0 Å². The molecule has 20 heavy (non-hydrogen) atoms. The van der Waals surface area contributed by atoms with Crippen LogP contribution in [0.25, 0.3) is 0 Å². The second kappa shape index (κ2) is 11.6. The number of carbonyl (C=O) groups excluding carboxylic acids is 1. The fraction of sp³-hybridized carbons (Fsp3) is 0.538. The van der Waals surface area contributed by atoms with Crippen molar-refractivity contribution in [1.82, 2.24) is 16.0 Å². The van der Waals surface area contributed by atoms with E-state index in [-0.39, 0.29) is 36.4 Å². The van der Waals surface area contributed by atoms with Gasteiger partial charge in [0.25, 0.3) is 0 Å². The van der Waals surface area contributed by atoms with E-state index in [2.05, 4.69) is 27.9 Å². The number of carbonyl (C=O) groups is 1.